The van der Waals surface area contributed by atoms with Crippen molar-refractivity contribution in [2.45, 2.75) is 31.8 Å². The van der Waals surface area contributed by atoms with Gasteiger partial charge in [0.2, 0.25) is 5.89 Å². The Bertz CT molecular complexity index is 324. The van der Waals surface area contributed by atoms with E-state index in [1.54, 1.807) is 0 Å². The first-order valence-corrected chi connectivity index (χ1v) is 5.69. The van der Waals surface area contributed by atoms with Gasteiger partial charge in [0.05, 0.1) is 13.2 Å². The van der Waals surface area contributed by atoms with E-state index in [1.165, 1.54) is 6.42 Å². The Balaban J connectivity index is 2.04. The molecule has 0 aliphatic heterocycles. The summed E-state index contributed by atoms with van der Waals surface area (Å²) >= 11 is 0. The zero-order valence-electron chi connectivity index (χ0n) is 9.52. The van der Waals surface area contributed by atoms with Crippen LogP contribution in [0, 0.1) is 0 Å². The molecule has 90 valence electrons. The first-order chi connectivity index (χ1) is 7.85. The molecule has 2 N–H and O–H groups in total. The molecule has 1 heterocycles. The minimum atomic E-state index is 0.111. The second-order valence-electron chi connectivity index (χ2n) is 4.01. The van der Waals surface area contributed by atoms with E-state index in [1.807, 2.05) is 11.9 Å². The van der Waals surface area contributed by atoms with Gasteiger partial charge in [-0.05, 0) is 26.3 Å². The van der Waals surface area contributed by atoms with Crippen LogP contribution in [0.15, 0.2) is 4.42 Å². The molecule has 2 rings (SSSR count). The SMILES string of the molecule is CNCc1nnc(N(CCO)C2CCC2)o1. The van der Waals surface area contributed by atoms with Crippen LogP contribution < -0.4 is 10.2 Å². The van der Waals surface area contributed by atoms with Gasteiger partial charge in [-0.2, -0.15) is 0 Å². The van der Waals surface area contributed by atoms with Gasteiger partial charge in [-0.15, -0.1) is 5.10 Å². The second kappa shape index (κ2) is 5.27. The van der Waals surface area contributed by atoms with Crippen molar-refractivity contribution in [1.82, 2.24) is 15.5 Å². The van der Waals surface area contributed by atoms with Crippen LogP contribution in [-0.4, -0.2) is 41.5 Å². The molecule has 0 atom stereocenters. The van der Waals surface area contributed by atoms with Crippen molar-refractivity contribution in [3.63, 3.8) is 0 Å². The molecule has 1 aromatic rings. The van der Waals surface area contributed by atoms with Gasteiger partial charge in [-0.25, -0.2) is 0 Å². The quantitative estimate of drug-likeness (QED) is 0.718. The largest absolute Gasteiger partial charge is 0.407 e. The molecule has 1 aromatic heterocycles. The Morgan fingerprint density at radius 3 is 2.88 bits per heavy atom. The highest BCUT2D eigenvalue weighted by atomic mass is 16.4. The predicted octanol–water partition coefficient (Wildman–Crippen LogP) is 0.140. The molecule has 1 saturated carbocycles. The summed E-state index contributed by atoms with van der Waals surface area (Å²) in [5.74, 6) is 0.583. The Morgan fingerprint density at radius 1 is 1.50 bits per heavy atom. The highest BCUT2D eigenvalue weighted by Gasteiger charge is 2.28. The lowest BCUT2D eigenvalue weighted by atomic mass is 9.92. The number of nitrogens with zero attached hydrogens (tertiary/aromatic N) is 3. The second-order valence-corrected chi connectivity index (χ2v) is 4.01. The van der Waals surface area contributed by atoms with Gasteiger partial charge >= 0.3 is 6.01 Å². The van der Waals surface area contributed by atoms with Crippen LogP contribution in [0.3, 0.4) is 0 Å². The highest BCUT2D eigenvalue weighted by Crippen LogP contribution is 2.28. The van der Waals surface area contributed by atoms with Crippen molar-refractivity contribution < 1.29 is 9.52 Å². The number of hydrogen-bond acceptors (Lipinski definition) is 6. The lowest BCUT2D eigenvalue weighted by molar-refractivity contribution is 0.275. The van der Waals surface area contributed by atoms with Crippen molar-refractivity contribution >= 4 is 6.01 Å². The molecule has 1 fully saturated rings. The van der Waals surface area contributed by atoms with Crippen LogP contribution in [0.2, 0.25) is 0 Å². The van der Waals surface area contributed by atoms with E-state index >= 15 is 0 Å². The maximum absolute atomic E-state index is 9.03. The van der Waals surface area contributed by atoms with E-state index in [0.717, 1.165) is 12.8 Å². The minimum absolute atomic E-state index is 0.111. The van der Waals surface area contributed by atoms with Crippen molar-refractivity contribution in [2.75, 3.05) is 25.1 Å². The van der Waals surface area contributed by atoms with E-state index < -0.39 is 0 Å². The van der Waals surface area contributed by atoms with Crippen molar-refractivity contribution in [3.05, 3.63) is 5.89 Å². The Hall–Kier alpha value is -1.14. The molecule has 0 unspecified atom stereocenters. The zero-order valence-corrected chi connectivity index (χ0v) is 9.52. The van der Waals surface area contributed by atoms with Gasteiger partial charge in [0.15, 0.2) is 0 Å². The smallest absolute Gasteiger partial charge is 0.318 e. The van der Waals surface area contributed by atoms with Crippen molar-refractivity contribution in [1.29, 1.82) is 0 Å². The van der Waals surface area contributed by atoms with Crippen LogP contribution in [0.5, 0.6) is 0 Å². The summed E-state index contributed by atoms with van der Waals surface area (Å²) in [5, 5.41) is 20.0. The van der Waals surface area contributed by atoms with Gasteiger partial charge in [0, 0.05) is 12.6 Å². The van der Waals surface area contributed by atoms with Crippen LogP contribution in [-0.2, 0) is 6.54 Å². The molecular weight excluding hydrogens is 208 g/mol. The zero-order chi connectivity index (χ0) is 11.4. The van der Waals surface area contributed by atoms with E-state index in [-0.39, 0.29) is 6.61 Å². The van der Waals surface area contributed by atoms with Gasteiger partial charge in [0.25, 0.3) is 0 Å². The fraction of sp³-hybridized carbons (Fsp3) is 0.800. The predicted molar refractivity (Wildman–Crippen MR) is 59.1 cm³/mol. The lowest BCUT2D eigenvalue weighted by Crippen LogP contribution is -2.42. The van der Waals surface area contributed by atoms with E-state index in [0.29, 0.717) is 31.0 Å². The molecule has 1 aliphatic carbocycles. The normalized spacial score (nSPS) is 16.1. The van der Waals surface area contributed by atoms with E-state index in [4.69, 9.17) is 9.52 Å². The minimum Gasteiger partial charge on any atom is -0.407 e. The van der Waals surface area contributed by atoms with Crippen LogP contribution in [0.4, 0.5) is 6.01 Å². The average molecular weight is 226 g/mol. The van der Waals surface area contributed by atoms with E-state index in [2.05, 4.69) is 15.5 Å². The first kappa shape index (κ1) is 11.3. The fourth-order valence-corrected chi connectivity index (χ4v) is 1.82. The summed E-state index contributed by atoms with van der Waals surface area (Å²) in [5.41, 5.74) is 0. The number of aromatic nitrogens is 2. The van der Waals surface area contributed by atoms with Crippen LogP contribution in [0.1, 0.15) is 25.2 Å². The average Bonchev–Trinajstić information content (AvgIpc) is 2.63. The molecular formula is C10H18N4O2. The molecule has 0 saturated heterocycles. The number of nitrogens with one attached hydrogen (secondary N) is 1. The molecule has 6 nitrogen and oxygen atoms in total. The van der Waals surface area contributed by atoms with Crippen molar-refractivity contribution in [2.24, 2.45) is 0 Å². The number of anilines is 1. The van der Waals surface area contributed by atoms with Gasteiger partial charge in [-0.1, -0.05) is 5.10 Å². The summed E-state index contributed by atoms with van der Waals surface area (Å²) in [6, 6.07) is 0.985. The van der Waals surface area contributed by atoms with Gasteiger partial charge < -0.3 is 19.7 Å². The topological polar surface area (TPSA) is 74.4 Å². The lowest BCUT2D eigenvalue weighted by Gasteiger charge is -2.35. The molecule has 0 bridgehead atoms. The standard InChI is InChI=1S/C10H18N4O2/c1-11-7-9-12-13-10(16-9)14(5-6-15)8-3-2-4-8/h8,11,15H,2-7H2,1H3. The first-order valence-electron chi connectivity index (χ1n) is 5.69. The Labute approximate surface area is 94.7 Å². The molecule has 0 radical (unpaired) electrons. The molecule has 6 heteroatoms. The molecule has 0 aromatic carbocycles. The summed E-state index contributed by atoms with van der Waals surface area (Å²) < 4.78 is 5.53. The molecule has 1 aliphatic rings. The molecule has 0 spiro atoms. The molecule has 0 amide bonds. The van der Waals surface area contributed by atoms with Gasteiger partial charge in [0.1, 0.15) is 0 Å². The summed E-state index contributed by atoms with van der Waals surface area (Å²) in [6.45, 7) is 1.25. The summed E-state index contributed by atoms with van der Waals surface area (Å²) in [4.78, 5) is 2.01. The fourth-order valence-electron chi connectivity index (χ4n) is 1.82. The molecule has 16 heavy (non-hydrogen) atoms. The third-order valence-electron chi connectivity index (χ3n) is 2.89. The third kappa shape index (κ3) is 2.33. The number of hydrogen-bond donors (Lipinski definition) is 2. The van der Waals surface area contributed by atoms with Crippen LogP contribution >= 0.6 is 0 Å². The number of aliphatic hydroxyl groups excluding tert-OH is 1. The Morgan fingerprint density at radius 2 is 2.31 bits per heavy atom. The Kier molecular flexibility index (Phi) is 3.74. The maximum atomic E-state index is 9.03. The summed E-state index contributed by atoms with van der Waals surface area (Å²) in [7, 11) is 1.83. The van der Waals surface area contributed by atoms with Gasteiger partial charge in [-0.3, -0.25) is 0 Å². The third-order valence-corrected chi connectivity index (χ3v) is 2.89. The number of rotatable bonds is 6. The summed E-state index contributed by atoms with van der Waals surface area (Å²) in [6.07, 6.45) is 3.53. The van der Waals surface area contributed by atoms with Crippen molar-refractivity contribution in [3.8, 4) is 0 Å². The monoisotopic (exact) mass is 226 g/mol. The number of aliphatic hydroxyl groups is 1. The highest BCUT2D eigenvalue weighted by molar-refractivity contribution is 5.27. The maximum Gasteiger partial charge on any atom is 0.318 e. The van der Waals surface area contributed by atoms with Crippen LogP contribution in [0.25, 0.3) is 0 Å². The van der Waals surface area contributed by atoms with E-state index in [9.17, 15) is 0 Å².